The topological polar surface area (TPSA) is 88.3 Å². The quantitative estimate of drug-likeness (QED) is 0.641. The van der Waals surface area contributed by atoms with E-state index >= 15 is 0 Å². The average molecular weight is 413 g/mol. The van der Waals surface area contributed by atoms with Crippen LogP contribution in [0.2, 0.25) is 0 Å². The third-order valence-electron chi connectivity index (χ3n) is 5.26. The first-order valence-electron chi connectivity index (χ1n) is 9.80. The molecule has 1 atom stereocenters. The lowest BCUT2D eigenvalue weighted by atomic mass is 10.2. The summed E-state index contributed by atoms with van der Waals surface area (Å²) in [5.41, 5.74) is 1.41. The highest BCUT2D eigenvalue weighted by molar-refractivity contribution is 7.89. The lowest BCUT2D eigenvalue weighted by Gasteiger charge is -2.22. The number of likely N-dealkylation sites (tertiary alicyclic amines) is 1. The minimum Gasteiger partial charge on any atom is -0.334 e. The molecular formula is C21H24N4O3S. The van der Waals surface area contributed by atoms with Crippen molar-refractivity contribution in [1.82, 2.24) is 19.8 Å². The van der Waals surface area contributed by atoms with Crippen molar-refractivity contribution in [2.45, 2.75) is 30.7 Å². The van der Waals surface area contributed by atoms with Gasteiger partial charge in [-0.3, -0.25) is 4.90 Å². The van der Waals surface area contributed by atoms with Crippen molar-refractivity contribution in [2.24, 2.45) is 0 Å². The number of sulfonamides is 1. The van der Waals surface area contributed by atoms with E-state index in [0.717, 1.165) is 31.5 Å². The molecule has 1 aliphatic rings. The first-order valence-corrected chi connectivity index (χ1v) is 11.3. The summed E-state index contributed by atoms with van der Waals surface area (Å²) in [6, 6.07) is 16.3. The van der Waals surface area contributed by atoms with Crippen LogP contribution in [0.5, 0.6) is 0 Å². The Morgan fingerprint density at radius 3 is 2.72 bits per heavy atom. The van der Waals surface area contributed by atoms with Crippen molar-refractivity contribution in [2.75, 3.05) is 19.6 Å². The van der Waals surface area contributed by atoms with Crippen LogP contribution < -0.4 is 4.72 Å². The lowest BCUT2D eigenvalue weighted by Crippen LogP contribution is -2.39. The van der Waals surface area contributed by atoms with Crippen LogP contribution in [0.15, 0.2) is 64.0 Å². The van der Waals surface area contributed by atoms with Gasteiger partial charge in [-0.15, -0.1) is 0 Å². The Balaban J connectivity index is 1.52. The Bertz CT molecular complexity index is 1070. The van der Waals surface area contributed by atoms with Crippen LogP contribution in [0.1, 0.15) is 19.8 Å². The first-order chi connectivity index (χ1) is 14.1. The van der Waals surface area contributed by atoms with Crippen LogP contribution in [0.4, 0.5) is 0 Å². The van der Waals surface area contributed by atoms with Crippen LogP contribution in [0.3, 0.4) is 0 Å². The molecule has 1 N–H and O–H groups in total. The predicted molar refractivity (Wildman–Crippen MR) is 111 cm³/mol. The molecule has 2 aromatic carbocycles. The number of nitrogens with zero attached hydrogens (tertiary/aromatic N) is 3. The molecule has 0 spiro atoms. The van der Waals surface area contributed by atoms with E-state index in [1.54, 1.807) is 24.3 Å². The molecule has 0 saturated carbocycles. The van der Waals surface area contributed by atoms with E-state index in [0.29, 0.717) is 17.9 Å². The minimum absolute atomic E-state index is 0.190. The van der Waals surface area contributed by atoms with Gasteiger partial charge in [0.15, 0.2) is 0 Å². The van der Waals surface area contributed by atoms with E-state index in [9.17, 15) is 8.42 Å². The first kappa shape index (κ1) is 19.8. The molecule has 0 bridgehead atoms. The van der Waals surface area contributed by atoms with Crippen molar-refractivity contribution in [3.8, 4) is 22.8 Å². The van der Waals surface area contributed by atoms with Gasteiger partial charge in [-0.25, -0.2) is 13.1 Å². The normalized spacial score (nSPS) is 17.6. The zero-order valence-corrected chi connectivity index (χ0v) is 17.1. The Morgan fingerprint density at radius 1 is 1.14 bits per heavy atom. The minimum atomic E-state index is -3.62. The molecule has 0 aliphatic carbocycles. The molecule has 0 radical (unpaired) electrons. The van der Waals surface area contributed by atoms with E-state index in [1.807, 2.05) is 30.3 Å². The molecule has 29 heavy (non-hydrogen) atoms. The molecule has 7 nitrogen and oxygen atoms in total. The summed E-state index contributed by atoms with van der Waals surface area (Å²) < 4.78 is 33.7. The van der Waals surface area contributed by atoms with Crippen LogP contribution >= 0.6 is 0 Å². The molecule has 1 aliphatic heterocycles. The van der Waals surface area contributed by atoms with Gasteiger partial charge >= 0.3 is 0 Å². The van der Waals surface area contributed by atoms with E-state index in [1.165, 1.54) is 0 Å². The van der Waals surface area contributed by atoms with Gasteiger partial charge in [0.2, 0.25) is 15.8 Å². The summed E-state index contributed by atoms with van der Waals surface area (Å²) in [5.74, 6) is 0.752. The molecule has 152 valence electrons. The van der Waals surface area contributed by atoms with Crippen molar-refractivity contribution >= 4 is 10.0 Å². The number of nitrogens with one attached hydrogen (secondary N) is 1. The van der Waals surface area contributed by atoms with Crippen molar-refractivity contribution in [3.05, 3.63) is 54.6 Å². The van der Waals surface area contributed by atoms with E-state index in [-0.39, 0.29) is 16.8 Å². The average Bonchev–Trinajstić information content (AvgIpc) is 3.42. The summed E-state index contributed by atoms with van der Waals surface area (Å²) in [5, 5.41) is 4.00. The van der Waals surface area contributed by atoms with Crippen LogP contribution in [0.25, 0.3) is 22.8 Å². The summed E-state index contributed by atoms with van der Waals surface area (Å²) in [4.78, 5) is 6.90. The monoisotopic (exact) mass is 412 g/mol. The standard InChI is InChI=1S/C21H24N4O3S/c1-2-25-13-7-11-18(25)15-22-29(26,27)19-12-6-10-17(14-19)21-23-20(24-28-21)16-8-4-3-5-9-16/h3-6,8-10,12,14,18,22H,2,7,11,13,15H2,1H3/t18-/m1/s1. The molecule has 0 amide bonds. The number of hydrogen-bond acceptors (Lipinski definition) is 6. The lowest BCUT2D eigenvalue weighted by molar-refractivity contribution is 0.268. The zero-order chi connectivity index (χ0) is 20.3. The third-order valence-corrected chi connectivity index (χ3v) is 6.68. The van der Waals surface area contributed by atoms with Gasteiger partial charge in [-0.2, -0.15) is 4.98 Å². The molecule has 1 aromatic heterocycles. The fourth-order valence-electron chi connectivity index (χ4n) is 3.67. The van der Waals surface area contributed by atoms with Gasteiger partial charge in [-0.1, -0.05) is 48.5 Å². The van der Waals surface area contributed by atoms with Gasteiger partial charge in [0.1, 0.15) is 0 Å². The van der Waals surface area contributed by atoms with Gasteiger partial charge in [0.25, 0.3) is 5.89 Å². The Hall–Kier alpha value is -2.55. The van der Waals surface area contributed by atoms with E-state index in [2.05, 4.69) is 26.7 Å². The molecule has 8 heteroatoms. The maximum Gasteiger partial charge on any atom is 0.258 e. The Morgan fingerprint density at radius 2 is 1.93 bits per heavy atom. The molecule has 0 unspecified atom stereocenters. The molecular weight excluding hydrogens is 388 g/mol. The van der Waals surface area contributed by atoms with Gasteiger partial charge < -0.3 is 4.52 Å². The smallest absolute Gasteiger partial charge is 0.258 e. The zero-order valence-electron chi connectivity index (χ0n) is 16.3. The number of hydrogen-bond donors (Lipinski definition) is 1. The number of aromatic nitrogens is 2. The van der Waals surface area contributed by atoms with Crippen molar-refractivity contribution in [1.29, 1.82) is 0 Å². The molecule has 2 heterocycles. The fourth-order valence-corrected chi connectivity index (χ4v) is 4.79. The van der Waals surface area contributed by atoms with Crippen molar-refractivity contribution < 1.29 is 12.9 Å². The molecule has 4 rings (SSSR count). The van der Waals surface area contributed by atoms with Gasteiger partial charge in [0.05, 0.1) is 4.90 Å². The summed E-state index contributed by atoms with van der Waals surface area (Å²) in [6.07, 6.45) is 2.12. The molecule has 3 aromatic rings. The SMILES string of the molecule is CCN1CCC[C@@H]1CNS(=O)(=O)c1cccc(-c2nc(-c3ccccc3)no2)c1. The predicted octanol–water partition coefficient (Wildman–Crippen LogP) is 3.17. The Labute approximate surface area is 170 Å². The third kappa shape index (κ3) is 4.39. The summed E-state index contributed by atoms with van der Waals surface area (Å²) in [6.45, 7) is 4.48. The second kappa shape index (κ2) is 8.44. The second-order valence-corrected chi connectivity index (χ2v) is 8.86. The van der Waals surface area contributed by atoms with E-state index in [4.69, 9.17) is 4.52 Å². The maximum absolute atomic E-state index is 12.8. The molecule has 1 saturated heterocycles. The highest BCUT2D eigenvalue weighted by Crippen LogP contribution is 2.24. The van der Waals surface area contributed by atoms with Crippen LogP contribution in [-0.4, -0.2) is 49.1 Å². The number of rotatable bonds is 7. The molecule has 1 fully saturated rings. The van der Waals surface area contributed by atoms with E-state index < -0.39 is 10.0 Å². The highest BCUT2D eigenvalue weighted by Gasteiger charge is 2.25. The van der Waals surface area contributed by atoms with Crippen LogP contribution in [0, 0.1) is 0 Å². The fraction of sp³-hybridized carbons (Fsp3) is 0.333. The number of likely N-dealkylation sites (N-methyl/N-ethyl adjacent to an activating group) is 1. The summed E-state index contributed by atoms with van der Waals surface area (Å²) in [7, 11) is -3.62. The van der Waals surface area contributed by atoms with Gasteiger partial charge in [0, 0.05) is 23.7 Å². The largest absolute Gasteiger partial charge is 0.334 e. The van der Waals surface area contributed by atoms with Gasteiger partial charge in [-0.05, 0) is 44.1 Å². The summed E-state index contributed by atoms with van der Waals surface area (Å²) >= 11 is 0. The van der Waals surface area contributed by atoms with Crippen molar-refractivity contribution in [3.63, 3.8) is 0 Å². The second-order valence-electron chi connectivity index (χ2n) is 7.09. The highest BCUT2D eigenvalue weighted by atomic mass is 32.2. The number of benzene rings is 2. The van der Waals surface area contributed by atoms with Crippen LogP contribution in [-0.2, 0) is 10.0 Å². The Kier molecular flexibility index (Phi) is 5.75. The maximum atomic E-state index is 12.8.